The molecule has 0 bridgehead atoms. The molecule has 2 aliphatic heterocycles. The minimum atomic E-state index is 0.703. The summed E-state index contributed by atoms with van der Waals surface area (Å²) in [7, 11) is 2.26. The first-order chi connectivity index (χ1) is 9.06. The Morgan fingerprint density at radius 3 is 2.68 bits per heavy atom. The Balaban J connectivity index is 1.93. The zero-order valence-corrected chi connectivity index (χ0v) is 13.4. The van der Waals surface area contributed by atoms with Crippen LogP contribution in [0.4, 0.5) is 0 Å². The van der Waals surface area contributed by atoms with Gasteiger partial charge in [0.2, 0.25) is 0 Å². The summed E-state index contributed by atoms with van der Waals surface area (Å²) in [6.07, 6.45) is 3.98. The van der Waals surface area contributed by atoms with Crippen LogP contribution in [0, 0.1) is 11.8 Å². The Morgan fingerprint density at radius 2 is 2.00 bits per heavy atom. The fourth-order valence-electron chi connectivity index (χ4n) is 3.94. The van der Waals surface area contributed by atoms with E-state index in [0.29, 0.717) is 6.04 Å². The molecule has 0 aromatic heterocycles. The molecule has 2 saturated heterocycles. The van der Waals surface area contributed by atoms with E-state index in [1.165, 1.54) is 52.0 Å². The fraction of sp³-hybridized carbons (Fsp3) is 1.00. The van der Waals surface area contributed by atoms with E-state index in [9.17, 15) is 0 Å². The van der Waals surface area contributed by atoms with Crippen molar-refractivity contribution in [2.75, 3.05) is 39.8 Å². The van der Waals surface area contributed by atoms with Gasteiger partial charge in [0.25, 0.3) is 0 Å². The number of hydrogen-bond acceptors (Lipinski definition) is 3. The molecule has 0 spiro atoms. The summed E-state index contributed by atoms with van der Waals surface area (Å²) in [5.74, 6) is 1.61. The van der Waals surface area contributed by atoms with E-state index in [4.69, 9.17) is 0 Å². The Labute approximate surface area is 119 Å². The number of rotatable bonds is 3. The van der Waals surface area contributed by atoms with Gasteiger partial charge < -0.3 is 10.2 Å². The van der Waals surface area contributed by atoms with E-state index in [0.717, 1.165) is 17.9 Å². The second kappa shape index (κ2) is 7.05. The van der Waals surface area contributed by atoms with Crippen LogP contribution >= 0.6 is 0 Å². The molecule has 0 aromatic carbocycles. The molecule has 3 nitrogen and oxygen atoms in total. The highest BCUT2D eigenvalue weighted by Gasteiger charge is 2.31. The summed E-state index contributed by atoms with van der Waals surface area (Å²) in [5, 5.41) is 3.75. The van der Waals surface area contributed by atoms with Gasteiger partial charge in [-0.1, -0.05) is 20.8 Å². The molecule has 3 atom stereocenters. The molecular weight excluding hydrogens is 234 g/mol. The minimum Gasteiger partial charge on any atom is -0.313 e. The van der Waals surface area contributed by atoms with Crippen molar-refractivity contribution in [2.45, 2.75) is 52.1 Å². The zero-order valence-electron chi connectivity index (χ0n) is 13.4. The highest BCUT2D eigenvalue weighted by molar-refractivity contribution is 4.88. The lowest BCUT2D eigenvalue weighted by atomic mass is 9.92. The summed E-state index contributed by atoms with van der Waals surface area (Å²) in [6.45, 7) is 13.4. The maximum atomic E-state index is 3.75. The van der Waals surface area contributed by atoms with Crippen molar-refractivity contribution in [1.29, 1.82) is 0 Å². The van der Waals surface area contributed by atoms with Crippen molar-refractivity contribution in [1.82, 2.24) is 15.1 Å². The Bertz CT molecular complexity index is 267. The van der Waals surface area contributed by atoms with Crippen molar-refractivity contribution in [2.24, 2.45) is 11.8 Å². The Hall–Kier alpha value is -0.120. The number of hydrogen-bond donors (Lipinski definition) is 1. The van der Waals surface area contributed by atoms with E-state index in [1.54, 1.807) is 0 Å². The molecular formula is C16H33N3. The van der Waals surface area contributed by atoms with Gasteiger partial charge in [-0.3, -0.25) is 4.90 Å². The third-order valence-corrected chi connectivity index (χ3v) is 4.80. The molecule has 2 aliphatic rings. The average Bonchev–Trinajstić information content (AvgIpc) is 2.53. The van der Waals surface area contributed by atoms with Crippen LogP contribution in [-0.4, -0.2) is 61.7 Å². The van der Waals surface area contributed by atoms with Crippen LogP contribution in [0.25, 0.3) is 0 Å². The molecule has 2 rings (SSSR count). The predicted molar refractivity (Wildman–Crippen MR) is 82.5 cm³/mol. The second-order valence-electron chi connectivity index (χ2n) is 7.22. The largest absolute Gasteiger partial charge is 0.313 e. The van der Waals surface area contributed by atoms with E-state index >= 15 is 0 Å². The summed E-state index contributed by atoms with van der Waals surface area (Å²) in [6, 6.07) is 1.51. The van der Waals surface area contributed by atoms with Crippen LogP contribution in [0.1, 0.15) is 40.0 Å². The fourth-order valence-corrected chi connectivity index (χ4v) is 3.94. The Kier molecular flexibility index (Phi) is 5.67. The van der Waals surface area contributed by atoms with Gasteiger partial charge in [-0.15, -0.1) is 0 Å². The first-order valence-corrected chi connectivity index (χ1v) is 8.22. The topological polar surface area (TPSA) is 18.5 Å². The summed E-state index contributed by atoms with van der Waals surface area (Å²) < 4.78 is 0. The van der Waals surface area contributed by atoms with Gasteiger partial charge in [0.1, 0.15) is 0 Å². The van der Waals surface area contributed by atoms with Gasteiger partial charge in [0.05, 0.1) is 0 Å². The quantitative estimate of drug-likeness (QED) is 0.844. The Morgan fingerprint density at radius 1 is 1.21 bits per heavy atom. The summed E-state index contributed by atoms with van der Waals surface area (Å²) in [4.78, 5) is 5.29. The van der Waals surface area contributed by atoms with Gasteiger partial charge >= 0.3 is 0 Å². The van der Waals surface area contributed by atoms with E-state index in [1.807, 2.05) is 0 Å². The standard InChI is InChI=1S/C16H33N3/c1-13(2)10-15-12-19(8-5-7-17-15)16-6-9-18(4)11-14(16)3/h13-17H,5-12H2,1-4H3. The molecule has 0 saturated carbocycles. The minimum absolute atomic E-state index is 0.703. The molecule has 2 heterocycles. The predicted octanol–water partition coefficient (Wildman–Crippen LogP) is 2.04. The molecule has 19 heavy (non-hydrogen) atoms. The van der Waals surface area contributed by atoms with E-state index in [2.05, 4.69) is 42.9 Å². The molecule has 2 fully saturated rings. The van der Waals surface area contributed by atoms with Crippen molar-refractivity contribution in [3.05, 3.63) is 0 Å². The monoisotopic (exact) mass is 267 g/mol. The lowest BCUT2D eigenvalue weighted by Crippen LogP contribution is -2.51. The first kappa shape index (κ1) is 15.3. The number of nitrogens with zero attached hydrogens (tertiary/aromatic N) is 2. The van der Waals surface area contributed by atoms with Gasteiger partial charge in [0, 0.05) is 25.2 Å². The molecule has 112 valence electrons. The van der Waals surface area contributed by atoms with Gasteiger partial charge in [-0.05, 0) is 57.8 Å². The van der Waals surface area contributed by atoms with Crippen LogP contribution in [-0.2, 0) is 0 Å². The van der Waals surface area contributed by atoms with Crippen molar-refractivity contribution in [3.8, 4) is 0 Å². The maximum Gasteiger partial charge on any atom is 0.0197 e. The zero-order chi connectivity index (χ0) is 13.8. The normalized spacial score (nSPS) is 35.5. The molecule has 1 N–H and O–H groups in total. The maximum absolute atomic E-state index is 3.75. The van der Waals surface area contributed by atoms with Crippen molar-refractivity contribution >= 4 is 0 Å². The van der Waals surface area contributed by atoms with Crippen LogP contribution in [0.15, 0.2) is 0 Å². The molecule has 0 amide bonds. The van der Waals surface area contributed by atoms with Crippen LogP contribution in [0.3, 0.4) is 0 Å². The number of likely N-dealkylation sites (tertiary alicyclic amines) is 1. The average molecular weight is 267 g/mol. The summed E-state index contributed by atoms with van der Waals surface area (Å²) in [5.41, 5.74) is 0. The van der Waals surface area contributed by atoms with Crippen LogP contribution in [0.2, 0.25) is 0 Å². The molecule has 0 aliphatic carbocycles. The lowest BCUT2D eigenvalue weighted by molar-refractivity contribution is 0.0725. The molecule has 3 heteroatoms. The van der Waals surface area contributed by atoms with Gasteiger partial charge in [-0.2, -0.15) is 0 Å². The highest BCUT2D eigenvalue weighted by Crippen LogP contribution is 2.23. The SMILES string of the molecule is CC(C)CC1CN(C2CCN(C)CC2C)CCCN1. The van der Waals surface area contributed by atoms with Gasteiger partial charge in [-0.25, -0.2) is 0 Å². The number of nitrogens with one attached hydrogen (secondary N) is 1. The number of piperidine rings is 1. The first-order valence-electron chi connectivity index (χ1n) is 8.22. The van der Waals surface area contributed by atoms with Crippen LogP contribution < -0.4 is 5.32 Å². The van der Waals surface area contributed by atoms with Gasteiger partial charge in [0.15, 0.2) is 0 Å². The van der Waals surface area contributed by atoms with Crippen LogP contribution in [0.5, 0.6) is 0 Å². The second-order valence-corrected chi connectivity index (χ2v) is 7.22. The third-order valence-electron chi connectivity index (χ3n) is 4.80. The highest BCUT2D eigenvalue weighted by atomic mass is 15.2. The van der Waals surface area contributed by atoms with Crippen molar-refractivity contribution in [3.63, 3.8) is 0 Å². The van der Waals surface area contributed by atoms with Crippen molar-refractivity contribution < 1.29 is 0 Å². The van der Waals surface area contributed by atoms with E-state index < -0.39 is 0 Å². The molecule has 0 radical (unpaired) electrons. The van der Waals surface area contributed by atoms with E-state index in [-0.39, 0.29) is 0 Å². The lowest BCUT2D eigenvalue weighted by Gasteiger charge is -2.42. The molecule has 0 aromatic rings. The third kappa shape index (κ3) is 4.44. The summed E-state index contributed by atoms with van der Waals surface area (Å²) >= 11 is 0. The smallest absolute Gasteiger partial charge is 0.0197 e. The molecule has 3 unspecified atom stereocenters.